The van der Waals surface area contributed by atoms with Crippen LogP contribution < -0.4 is 19.9 Å². The number of halogens is 2. The molecule has 33 heavy (non-hydrogen) atoms. The van der Waals surface area contributed by atoms with Crippen LogP contribution in [0.4, 0.5) is 0 Å². The second-order valence-electron chi connectivity index (χ2n) is 7.14. The highest BCUT2D eigenvalue weighted by Gasteiger charge is 2.32. The van der Waals surface area contributed by atoms with Crippen LogP contribution in [-0.2, 0) is 0 Å². The second kappa shape index (κ2) is 9.45. The fourth-order valence-electron chi connectivity index (χ4n) is 3.60. The average molecular weight is 481 g/mol. The first kappa shape index (κ1) is 22.5. The highest BCUT2D eigenvalue weighted by Crippen LogP contribution is 2.45. The fourth-order valence-corrected chi connectivity index (χ4v) is 4.12. The van der Waals surface area contributed by atoms with E-state index in [0.29, 0.717) is 44.8 Å². The SMILES string of the molecule is CCOc1cccc(C(=O)Oc2ccc3c(c2)OC(N)=C(C#N)C3c2ccc(Cl)cc2Cl)c1. The second-order valence-corrected chi connectivity index (χ2v) is 7.98. The lowest BCUT2D eigenvalue weighted by Crippen LogP contribution is -2.21. The van der Waals surface area contributed by atoms with Gasteiger partial charge in [-0.3, -0.25) is 0 Å². The van der Waals surface area contributed by atoms with Crippen molar-refractivity contribution < 1.29 is 19.0 Å². The molecule has 3 aromatic rings. The Bertz CT molecular complexity index is 1310. The lowest BCUT2D eigenvalue weighted by molar-refractivity contribution is 0.0734. The Kier molecular flexibility index (Phi) is 6.45. The molecule has 0 saturated heterocycles. The van der Waals surface area contributed by atoms with Crippen LogP contribution in [-0.4, -0.2) is 12.6 Å². The molecule has 1 aliphatic rings. The maximum Gasteiger partial charge on any atom is 0.343 e. The standard InChI is InChI=1S/C25H18Cl2N2O4/c1-2-31-16-5-3-4-14(10-16)25(30)32-17-7-9-19-22(12-17)33-24(29)20(13-28)23(19)18-8-6-15(26)11-21(18)27/h3-12,23H,2,29H2,1H3. The first-order valence-electron chi connectivity index (χ1n) is 10.0. The van der Waals surface area contributed by atoms with Crippen molar-refractivity contribution in [3.05, 3.63) is 98.9 Å². The molecule has 0 spiro atoms. The van der Waals surface area contributed by atoms with Gasteiger partial charge in [-0.25, -0.2) is 4.79 Å². The predicted molar refractivity (Wildman–Crippen MR) is 125 cm³/mol. The van der Waals surface area contributed by atoms with Crippen molar-refractivity contribution in [2.24, 2.45) is 5.73 Å². The summed E-state index contributed by atoms with van der Waals surface area (Å²) in [6.07, 6.45) is 0. The smallest absolute Gasteiger partial charge is 0.343 e. The summed E-state index contributed by atoms with van der Waals surface area (Å²) in [4.78, 5) is 12.6. The van der Waals surface area contributed by atoms with Gasteiger partial charge < -0.3 is 19.9 Å². The normalized spacial score (nSPS) is 14.7. The van der Waals surface area contributed by atoms with Gasteiger partial charge in [0.2, 0.25) is 5.88 Å². The van der Waals surface area contributed by atoms with Gasteiger partial charge in [0, 0.05) is 21.7 Å². The van der Waals surface area contributed by atoms with Crippen LogP contribution >= 0.6 is 23.2 Å². The van der Waals surface area contributed by atoms with Crippen molar-refractivity contribution in [1.82, 2.24) is 0 Å². The zero-order valence-corrected chi connectivity index (χ0v) is 19.0. The number of allylic oxidation sites excluding steroid dienone is 1. The predicted octanol–water partition coefficient (Wildman–Crippen LogP) is 5.83. The van der Waals surface area contributed by atoms with Crippen LogP contribution in [0.1, 0.15) is 34.3 Å². The molecule has 0 amide bonds. The quantitative estimate of drug-likeness (QED) is 0.364. The lowest BCUT2D eigenvalue weighted by atomic mass is 9.83. The third-order valence-corrected chi connectivity index (χ3v) is 5.62. The molecule has 166 valence electrons. The summed E-state index contributed by atoms with van der Waals surface area (Å²) < 4.78 is 16.6. The molecule has 1 aliphatic heterocycles. The summed E-state index contributed by atoms with van der Waals surface area (Å²) in [5.41, 5.74) is 7.92. The summed E-state index contributed by atoms with van der Waals surface area (Å²) >= 11 is 12.5. The molecule has 8 heteroatoms. The van der Waals surface area contributed by atoms with Crippen molar-refractivity contribution in [2.45, 2.75) is 12.8 Å². The van der Waals surface area contributed by atoms with Gasteiger partial charge in [-0.05, 0) is 48.9 Å². The van der Waals surface area contributed by atoms with Crippen LogP contribution in [0.5, 0.6) is 17.2 Å². The summed E-state index contributed by atoms with van der Waals surface area (Å²) in [7, 11) is 0. The number of nitriles is 1. The molecule has 0 radical (unpaired) electrons. The van der Waals surface area contributed by atoms with Crippen molar-refractivity contribution in [1.29, 1.82) is 5.26 Å². The maximum absolute atomic E-state index is 12.6. The molecule has 6 nitrogen and oxygen atoms in total. The Morgan fingerprint density at radius 3 is 2.61 bits per heavy atom. The van der Waals surface area contributed by atoms with Gasteiger partial charge in [-0.2, -0.15) is 5.26 Å². The average Bonchev–Trinajstić information content (AvgIpc) is 2.79. The van der Waals surface area contributed by atoms with Gasteiger partial charge in [0.05, 0.1) is 18.1 Å². The van der Waals surface area contributed by atoms with Gasteiger partial charge in [0.25, 0.3) is 0 Å². The van der Waals surface area contributed by atoms with E-state index in [1.807, 2.05) is 6.92 Å². The number of benzene rings is 3. The largest absolute Gasteiger partial charge is 0.494 e. The summed E-state index contributed by atoms with van der Waals surface area (Å²) in [5, 5.41) is 10.6. The monoisotopic (exact) mass is 480 g/mol. The molecule has 4 rings (SSSR count). The Labute approximate surface area is 200 Å². The molecule has 0 aliphatic carbocycles. The van der Waals surface area contributed by atoms with E-state index in [9.17, 15) is 10.1 Å². The molecule has 1 heterocycles. The van der Waals surface area contributed by atoms with Gasteiger partial charge in [-0.1, -0.05) is 41.4 Å². The molecular formula is C25H18Cl2N2O4. The minimum atomic E-state index is -0.559. The Balaban J connectivity index is 1.67. The topological polar surface area (TPSA) is 94.6 Å². The fraction of sp³-hybridized carbons (Fsp3) is 0.120. The van der Waals surface area contributed by atoms with Gasteiger partial charge >= 0.3 is 5.97 Å². The van der Waals surface area contributed by atoms with Crippen molar-refractivity contribution in [3.63, 3.8) is 0 Å². The Morgan fingerprint density at radius 2 is 1.88 bits per heavy atom. The van der Waals surface area contributed by atoms with E-state index < -0.39 is 11.9 Å². The third kappa shape index (κ3) is 4.61. The van der Waals surface area contributed by atoms with Crippen LogP contribution in [0.25, 0.3) is 0 Å². The van der Waals surface area contributed by atoms with Crippen LogP contribution in [0, 0.1) is 11.3 Å². The van der Waals surface area contributed by atoms with Crippen molar-refractivity contribution >= 4 is 29.2 Å². The van der Waals surface area contributed by atoms with E-state index in [1.165, 1.54) is 0 Å². The molecule has 2 N–H and O–H groups in total. The van der Waals surface area contributed by atoms with E-state index >= 15 is 0 Å². The van der Waals surface area contributed by atoms with Gasteiger partial charge in [0.15, 0.2) is 0 Å². The summed E-state index contributed by atoms with van der Waals surface area (Å²) in [5.74, 6) is 0.0341. The van der Waals surface area contributed by atoms with Crippen molar-refractivity contribution in [2.75, 3.05) is 6.61 Å². The number of rotatable bonds is 5. The Hall–Kier alpha value is -3.66. The van der Waals surface area contributed by atoms with E-state index in [0.717, 1.165) is 0 Å². The zero-order valence-electron chi connectivity index (χ0n) is 17.5. The first-order valence-corrected chi connectivity index (χ1v) is 10.8. The number of hydrogen-bond acceptors (Lipinski definition) is 6. The van der Waals surface area contributed by atoms with E-state index in [4.69, 9.17) is 43.1 Å². The molecule has 1 atom stereocenters. The van der Waals surface area contributed by atoms with Crippen LogP contribution in [0.3, 0.4) is 0 Å². The van der Waals surface area contributed by atoms with Gasteiger partial charge in [0.1, 0.15) is 28.9 Å². The maximum atomic E-state index is 12.6. The molecular weight excluding hydrogens is 463 g/mol. The van der Waals surface area contributed by atoms with Crippen molar-refractivity contribution in [3.8, 4) is 23.3 Å². The third-order valence-electron chi connectivity index (χ3n) is 5.06. The highest BCUT2D eigenvalue weighted by molar-refractivity contribution is 6.35. The summed E-state index contributed by atoms with van der Waals surface area (Å²) in [6.45, 7) is 2.35. The molecule has 0 bridgehead atoms. The molecule has 1 unspecified atom stereocenters. The van der Waals surface area contributed by atoms with Gasteiger partial charge in [-0.15, -0.1) is 0 Å². The number of nitrogens with zero attached hydrogens (tertiary/aromatic N) is 1. The highest BCUT2D eigenvalue weighted by atomic mass is 35.5. The molecule has 3 aromatic carbocycles. The molecule has 0 fully saturated rings. The number of hydrogen-bond donors (Lipinski definition) is 1. The molecule has 0 aromatic heterocycles. The summed E-state index contributed by atoms with van der Waals surface area (Å²) in [6, 6.07) is 18.8. The minimum Gasteiger partial charge on any atom is -0.494 e. The number of fused-ring (bicyclic) bond motifs is 1. The number of carbonyl (C=O) groups excluding carboxylic acids is 1. The lowest BCUT2D eigenvalue weighted by Gasteiger charge is -2.27. The number of ether oxygens (including phenoxy) is 3. The number of nitrogens with two attached hydrogens (primary N) is 1. The minimum absolute atomic E-state index is 0.0473. The zero-order chi connectivity index (χ0) is 23.5. The van der Waals surface area contributed by atoms with Crippen LogP contribution in [0.15, 0.2) is 72.1 Å². The molecule has 0 saturated carbocycles. The number of esters is 1. The van der Waals surface area contributed by atoms with E-state index in [-0.39, 0.29) is 17.2 Å². The van der Waals surface area contributed by atoms with E-state index in [1.54, 1.807) is 60.7 Å². The first-order chi connectivity index (χ1) is 15.9. The van der Waals surface area contributed by atoms with Crippen LogP contribution in [0.2, 0.25) is 10.0 Å². The van der Waals surface area contributed by atoms with E-state index in [2.05, 4.69) is 6.07 Å². The Morgan fingerprint density at radius 1 is 1.09 bits per heavy atom. The number of carbonyl (C=O) groups is 1.